The largest absolute Gasteiger partial charge is 0.480 e. The summed E-state index contributed by atoms with van der Waals surface area (Å²) >= 11 is 0. The molecule has 0 heterocycles. The number of carboxylic acids is 1. The Morgan fingerprint density at radius 1 is 1.06 bits per heavy atom. The van der Waals surface area contributed by atoms with Crippen molar-refractivity contribution >= 4 is 12.0 Å². The summed E-state index contributed by atoms with van der Waals surface area (Å²) in [7, 11) is 0. The van der Waals surface area contributed by atoms with Crippen LogP contribution in [0.25, 0.3) is 0 Å². The number of rotatable bonds is 8. The lowest BCUT2D eigenvalue weighted by Crippen LogP contribution is -2.48. The third-order valence-electron chi connectivity index (χ3n) is 2.58. The average Bonchev–Trinajstić information content (AvgIpc) is 2.25. The number of aliphatic carboxylic acids is 1. The quantitative estimate of drug-likeness (QED) is 0.522. The highest BCUT2D eigenvalue weighted by Crippen LogP contribution is 2.06. The zero-order valence-corrected chi connectivity index (χ0v) is 11.3. The monoisotopic (exact) mass is 260 g/mol. The number of nitrogens with one attached hydrogen (secondary N) is 2. The van der Waals surface area contributed by atoms with E-state index in [0.717, 1.165) is 12.8 Å². The molecule has 2 atom stereocenters. The first-order valence-corrected chi connectivity index (χ1v) is 6.27. The molecular weight excluding hydrogens is 236 g/mol. The SMILES string of the molecule is CC(C)CCC(C)NC(=O)N[C@H](CCO)C(=O)O. The maximum atomic E-state index is 11.5. The molecule has 0 aromatic rings. The van der Waals surface area contributed by atoms with E-state index in [1.807, 2.05) is 6.92 Å². The molecular formula is C12H24N2O4. The van der Waals surface area contributed by atoms with Crippen LogP contribution in [0, 0.1) is 5.92 Å². The molecule has 0 saturated carbocycles. The van der Waals surface area contributed by atoms with Gasteiger partial charge in [0.25, 0.3) is 0 Å². The van der Waals surface area contributed by atoms with Gasteiger partial charge < -0.3 is 20.8 Å². The van der Waals surface area contributed by atoms with E-state index in [2.05, 4.69) is 24.5 Å². The molecule has 0 saturated heterocycles. The lowest BCUT2D eigenvalue weighted by atomic mass is 10.0. The van der Waals surface area contributed by atoms with Crippen LogP contribution in [0.3, 0.4) is 0 Å². The van der Waals surface area contributed by atoms with Crippen LogP contribution >= 0.6 is 0 Å². The van der Waals surface area contributed by atoms with Crippen LogP contribution in [-0.4, -0.2) is 40.9 Å². The third kappa shape index (κ3) is 7.89. The second-order valence-corrected chi connectivity index (χ2v) is 4.89. The van der Waals surface area contributed by atoms with Crippen molar-refractivity contribution in [2.75, 3.05) is 6.61 Å². The Kier molecular flexibility index (Phi) is 8.11. The van der Waals surface area contributed by atoms with Gasteiger partial charge in [-0.25, -0.2) is 9.59 Å². The highest BCUT2D eigenvalue weighted by molar-refractivity contribution is 5.82. The minimum atomic E-state index is -1.14. The number of amides is 2. The summed E-state index contributed by atoms with van der Waals surface area (Å²) in [6.07, 6.45) is 1.85. The number of aliphatic hydroxyl groups excluding tert-OH is 1. The van der Waals surface area contributed by atoms with Crippen LogP contribution in [-0.2, 0) is 4.79 Å². The minimum absolute atomic E-state index is 0.00310. The Balaban J connectivity index is 4.03. The van der Waals surface area contributed by atoms with E-state index < -0.39 is 18.0 Å². The summed E-state index contributed by atoms with van der Waals surface area (Å²) in [5.74, 6) is -0.576. The van der Waals surface area contributed by atoms with E-state index in [1.54, 1.807) is 0 Å². The van der Waals surface area contributed by atoms with Crippen molar-refractivity contribution in [2.45, 2.75) is 52.1 Å². The normalized spacial score (nSPS) is 14.1. The first-order chi connectivity index (χ1) is 8.36. The van der Waals surface area contributed by atoms with Gasteiger partial charge in [0, 0.05) is 19.1 Å². The smallest absolute Gasteiger partial charge is 0.326 e. The number of carboxylic acid groups (broad SMARTS) is 1. The van der Waals surface area contributed by atoms with Gasteiger partial charge in [-0.15, -0.1) is 0 Å². The third-order valence-corrected chi connectivity index (χ3v) is 2.58. The van der Waals surface area contributed by atoms with Gasteiger partial charge in [0.05, 0.1) is 0 Å². The Bertz CT molecular complexity index is 269. The molecule has 0 bridgehead atoms. The average molecular weight is 260 g/mol. The van der Waals surface area contributed by atoms with Gasteiger partial charge in [-0.2, -0.15) is 0 Å². The lowest BCUT2D eigenvalue weighted by Gasteiger charge is -2.18. The zero-order chi connectivity index (χ0) is 14.1. The summed E-state index contributed by atoms with van der Waals surface area (Å²) in [5, 5.41) is 22.5. The van der Waals surface area contributed by atoms with Crippen LogP contribution in [0.5, 0.6) is 0 Å². The number of aliphatic hydroxyl groups is 1. The van der Waals surface area contributed by atoms with E-state index in [1.165, 1.54) is 0 Å². The topological polar surface area (TPSA) is 98.7 Å². The molecule has 1 unspecified atom stereocenters. The highest BCUT2D eigenvalue weighted by Gasteiger charge is 2.19. The summed E-state index contributed by atoms with van der Waals surface area (Å²) in [6.45, 7) is 5.81. The molecule has 2 amide bonds. The van der Waals surface area contributed by atoms with E-state index >= 15 is 0 Å². The molecule has 0 rings (SSSR count). The molecule has 0 aromatic heterocycles. The van der Waals surface area contributed by atoms with Crippen molar-refractivity contribution < 1.29 is 19.8 Å². The van der Waals surface area contributed by atoms with E-state index in [4.69, 9.17) is 10.2 Å². The number of hydrogen-bond acceptors (Lipinski definition) is 3. The van der Waals surface area contributed by atoms with Crippen molar-refractivity contribution in [3.63, 3.8) is 0 Å². The van der Waals surface area contributed by atoms with Crippen LogP contribution in [0.2, 0.25) is 0 Å². The highest BCUT2D eigenvalue weighted by atomic mass is 16.4. The second-order valence-electron chi connectivity index (χ2n) is 4.89. The number of carbonyl (C=O) groups is 2. The molecule has 6 heteroatoms. The fourth-order valence-corrected chi connectivity index (χ4v) is 1.47. The first-order valence-electron chi connectivity index (χ1n) is 6.27. The van der Waals surface area contributed by atoms with Gasteiger partial charge in [-0.1, -0.05) is 13.8 Å². The van der Waals surface area contributed by atoms with Crippen LogP contribution in [0.4, 0.5) is 4.79 Å². The Labute approximate surface area is 108 Å². The molecule has 0 aliphatic carbocycles. The Morgan fingerprint density at radius 2 is 1.67 bits per heavy atom. The predicted octanol–water partition coefficient (Wildman–Crippen LogP) is 0.946. The van der Waals surface area contributed by atoms with Crippen LogP contribution in [0.15, 0.2) is 0 Å². The van der Waals surface area contributed by atoms with E-state index in [0.29, 0.717) is 5.92 Å². The van der Waals surface area contributed by atoms with Crippen LogP contribution < -0.4 is 10.6 Å². The van der Waals surface area contributed by atoms with Crippen molar-refractivity contribution in [3.8, 4) is 0 Å². The Morgan fingerprint density at radius 3 is 2.11 bits per heavy atom. The van der Waals surface area contributed by atoms with Crippen molar-refractivity contribution in [1.82, 2.24) is 10.6 Å². The summed E-state index contributed by atoms with van der Waals surface area (Å²) in [4.78, 5) is 22.3. The van der Waals surface area contributed by atoms with Gasteiger partial charge in [0.2, 0.25) is 0 Å². The maximum Gasteiger partial charge on any atom is 0.326 e. The first kappa shape index (κ1) is 16.7. The number of hydrogen-bond donors (Lipinski definition) is 4. The van der Waals surface area contributed by atoms with Gasteiger partial charge in [-0.05, 0) is 25.7 Å². The molecule has 106 valence electrons. The summed E-state index contributed by atoms with van der Waals surface area (Å²) in [6, 6.07) is -1.56. The number of urea groups is 1. The zero-order valence-electron chi connectivity index (χ0n) is 11.3. The lowest BCUT2D eigenvalue weighted by molar-refractivity contribution is -0.139. The van der Waals surface area contributed by atoms with Gasteiger partial charge in [-0.3, -0.25) is 0 Å². The van der Waals surface area contributed by atoms with Crippen LogP contribution in [0.1, 0.15) is 40.0 Å². The van der Waals surface area contributed by atoms with Crippen molar-refractivity contribution in [2.24, 2.45) is 5.92 Å². The molecule has 0 aliphatic heterocycles. The molecule has 0 aliphatic rings. The Hall–Kier alpha value is -1.30. The second kappa shape index (κ2) is 8.74. The molecule has 0 radical (unpaired) electrons. The van der Waals surface area contributed by atoms with E-state index in [9.17, 15) is 9.59 Å². The number of carbonyl (C=O) groups excluding carboxylic acids is 1. The maximum absolute atomic E-state index is 11.5. The van der Waals surface area contributed by atoms with Gasteiger partial charge >= 0.3 is 12.0 Å². The predicted molar refractivity (Wildman–Crippen MR) is 68.3 cm³/mol. The molecule has 0 spiro atoms. The molecule has 6 nitrogen and oxygen atoms in total. The fourth-order valence-electron chi connectivity index (χ4n) is 1.47. The van der Waals surface area contributed by atoms with Crippen molar-refractivity contribution in [3.05, 3.63) is 0 Å². The molecule has 0 aromatic carbocycles. The summed E-state index contributed by atoms with van der Waals surface area (Å²) in [5.41, 5.74) is 0. The fraction of sp³-hybridized carbons (Fsp3) is 0.833. The minimum Gasteiger partial charge on any atom is -0.480 e. The van der Waals surface area contributed by atoms with Crippen molar-refractivity contribution in [1.29, 1.82) is 0 Å². The van der Waals surface area contributed by atoms with Gasteiger partial charge in [0.1, 0.15) is 6.04 Å². The van der Waals surface area contributed by atoms with E-state index in [-0.39, 0.29) is 19.1 Å². The summed E-state index contributed by atoms with van der Waals surface area (Å²) < 4.78 is 0. The molecule has 18 heavy (non-hydrogen) atoms. The molecule has 0 fully saturated rings. The molecule has 4 N–H and O–H groups in total. The standard InChI is InChI=1S/C12H24N2O4/c1-8(2)4-5-9(3)13-12(18)14-10(6-7-15)11(16)17/h8-10,15H,4-7H2,1-3H3,(H,16,17)(H2,13,14,18)/t9?,10-/m1/s1. The van der Waals surface area contributed by atoms with Gasteiger partial charge in [0.15, 0.2) is 0 Å².